The molecule has 5 nitrogen and oxygen atoms in total. The molecule has 108 valence electrons. The van der Waals surface area contributed by atoms with E-state index in [-0.39, 0.29) is 11.5 Å². The number of rotatable bonds is 6. The maximum atomic E-state index is 11.8. The number of aromatic nitrogens is 1. The third-order valence-corrected chi connectivity index (χ3v) is 3.08. The zero-order valence-corrected chi connectivity index (χ0v) is 11.5. The minimum atomic E-state index is -0.950. The van der Waals surface area contributed by atoms with Crippen molar-refractivity contribution in [3.8, 4) is 0 Å². The number of carboxylic acids is 1. The van der Waals surface area contributed by atoms with Crippen LogP contribution in [0.2, 0.25) is 0 Å². The molecule has 2 rings (SSSR count). The molecule has 1 aromatic carbocycles. The number of amides is 1. The Morgan fingerprint density at radius 1 is 1.10 bits per heavy atom. The van der Waals surface area contributed by atoms with Crippen LogP contribution in [0.4, 0.5) is 0 Å². The first kappa shape index (κ1) is 14.7. The number of carboxylic acid groups (broad SMARTS) is 1. The summed E-state index contributed by atoms with van der Waals surface area (Å²) in [5.41, 5.74) is 1.89. The standard InChI is InChI=1S/C16H16N2O3/c19-15(11-12-5-8-17-9-6-12)18-10-7-13-3-1-2-4-14(13)16(20)21/h1-6,8-9H,7,10-11H2,(H,18,19)(H,20,21). The van der Waals surface area contributed by atoms with Gasteiger partial charge in [-0.25, -0.2) is 4.79 Å². The van der Waals surface area contributed by atoms with E-state index in [9.17, 15) is 9.59 Å². The van der Waals surface area contributed by atoms with Crippen LogP contribution in [-0.2, 0) is 17.6 Å². The number of nitrogens with zero attached hydrogens (tertiary/aromatic N) is 1. The molecule has 0 unspecified atom stereocenters. The molecular weight excluding hydrogens is 268 g/mol. The van der Waals surface area contributed by atoms with Crippen molar-refractivity contribution in [2.24, 2.45) is 0 Å². The highest BCUT2D eigenvalue weighted by Crippen LogP contribution is 2.09. The number of pyridine rings is 1. The number of carbonyl (C=O) groups is 2. The van der Waals surface area contributed by atoms with Crippen molar-refractivity contribution in [1.82, 2.24) is 10.3 Å². The second-order valence-corrected chi connectivity index (χ2v) is 4.59. The van der Waals surface area contributed by atoms with E-state index in [0.717, 1.165) is 5.56 Å². The van der Waals surface area contributed by atoms with Crippen LogP contribution in [0.15, 0.2) is 48.8 Å². The van der Waals surface area contributed by atoms with Crippen LogP contribution >= 0.6 is 0 Å². The van der Waals surface area contributed by atoms with Crippen molar-refractivity contribution in [2.45, 2.75) is 12.8 Å². The fourth-order valence-electron chi connectivity index (χ4n) is 2.03. The highest BCUT2D eigenvalue weighted by molar-refractivity contribution is 5.89. The Kier molecular flexibility index (Phi) is 5.04. The minimum absolute atomic E-state index is 0.0889. The molecule has 0 atom stereocenters. The SMILES string of the molecule is O=C(Cc1ccncc1)NCCc1ccccc1C(=O)O. The van der Waals surface area contributed by atoms with Gasteiger partial charge in [0.25, 0.3) is 0 Å². The highest BCUT2D eigenvalue weighted by atomic mass is 16.4. The number of hydrogen-bond acceptors (Lipinski definition) is 3. The van der Waals surface area contributed by atoms with Crippen LogP contribution in [-0.4, -0.2) is 28.5 Å². The molecule has 1 heterocycles. The van der Waals surface area contributed by atoms with Crippen molar-refractivity contribution < 1.29 is 14.7 Å². The maximum Gasteiger partial charge on any atom is 0.335 e. The first-order chi connectivity index (χ1) is 10.2. The summed E-state index contributed by atoms with van der Waals surface area (Å²) in [5, 5.41) is 11.9. The van der Waals surface area contributed by atoms with Crippen LogP contribution in [0.25, 0.3) is 0 Å². The maximum absolute atomic E-state index is 11.8. The lowest BCUT2D eigenvalue weighted by Gasteiger charge is -2.07. The molecule has 1 aromatic heterocycles. The fraction of sp³-hybridized carbons (Fsp3) is 0.188. The van der Waals surface area contributed by atoms with Gasteiger partial charge in [-0.3, -0.25) is 9.78 Å². The number of nitrogens with one attached hydrogen (secondary N) is 1. The molecule has 2 aromatic rings. The lowest BCUT2D eigenvalue weighted by Crippen LogP contribution is -2.27. The zero-order valence-electron chi connectivity index (χ0n) is 11.5. The second kappa shape index (κ2) is 7.19. The number of benzene rings is 1. The summed E-state index contributed by atoms with van der Waals surface area (Å²) in [5.74, 6) is -1.04. The van der Waals surface area contributed by atoms with E-state index in [1.807, 2.05) is 0 Å². The lowest BCUT2D eigenvalue weighted by molar-refractivity contribution is -0.120. The minimum Gasteiger partial charge on any atom is -0.478 e. The summed E-state index contributed by atoms with van der Waals surface area (Å²) in [4.78, 5) is 26.7. The molecule has 1 amide bonds. The quantitative estimate of drug-likeness (QED) is 0.846. The summed E-state index contributed by atoms with van der Waals surface area (Å²) < 4.78 is 0. The molecule has 21 heavy (non-hydrogen) atoms. The Bertz CT molecular complexity index is 626. The third-order valence-electron chi connectivity index (χ3n) is 3.08. The van der Waals surface area contributed by atoms with Gasteiger partial charge >= 0.3 is 5.97 Å². The Labute approximate surface area is 122 Å². The summed E-state index contributed by atoms with van der Waals surface area (Å²) in [7, 11) is 0. The van der Waals surface area contributed by atoms with Crippen molar-refractivity contribution in [3.63, 3.8) is 0 Å². The van der Waals surface area contributed by atoms with E-state index < -0.39 is 5.97 Å². The largest absolute Gasteiger partial charge is 0.478 e. The van der Waals surface area contributed by atoms with E-state index in [1.54, 1.807) is 48.8 Å². The van der Waals surface area contributed by atoms with Gasteiger partial charge in [0, 0.05) is 18.9 Å². The molecule has 0 saturated heterocycles. The van der Waals surface area contributed by atoms with Gasteiger partial charge < -0.3 is 10.4 Å². The van der Waals surface area contributed by atoms with Crippen molar-refractivity contribution in [1.29, 1.82) is 0 Å². The molecule has 0 spiro atoms. The predicted octanol–water partition coefficient (Wildman–Crippen LogP) is 1.68. The molecule has 0 aliphatic carbocycles. The Balaban J connectivity index is 1.84. The van der Waals surface area contributed by atoms with Gasteiger partial charge in [-0.15, -0.1) is 0 Å². The van der Waals surface area contributed by atoms with Crippen LogP contribution in [0.5, 0.6) is 0 Å². The monoisotopic (exact) mass is 284 g/mol. The molecule has 5 heteroatoms. The topological polar surface area (TPSA) is 79.3 Å². The van der Waals surface area contributed by atoms with Gasteiger partial charge in [-0.2, -0.15) is 0 Å². The van der Waals surface area contributed by atoms with Gasteiger partial charge in [-0.05, 0) is 35.7 Å². The molecule has 0 fully saturated rings. The highest BCUT2D eigenvalue weighted by Gasteiger charge is 2.09. The van der Waals surface area contributed by atoms with Gasteiger partial charge in [-0.1, -0.05) is 18.2 Å². The van der Waals surface area contributed by atoms with Crippen LogP contribution in [0, 0.1) is 0 Å². The Morgan fingerprint density at radius 2 is 1.81 bits per heavy atom. The smallest absolute Gasteiger partial charge is 0.335 e. The average Bonchev–Trinajstić information content (AvgIpc) is 2.48. The first-order valence-electron chi connectivity index (χ1n) is 6.63. The van der Waals surface area contributed by atoms with E-state index in [4.69, 9.17) is 5.11 Å². The Hall–Kier alpha value is -2.69. The first-order valence-corrected chi connectivity index (χ1v) is 6.63. The van der Waals surface area contributed by atoms with Gasteiger partial charge in [0.05, 0.1) is 12.0 Å². The summed E-state index contributed by atoms with van der Waals surface area (Å²) >= 11 is 0. The summed E-state index contributed by atoms with van der Waals surface area (Å²) in [6, 6.07) is 10.4. The summed E-state index contributed by atoms with van der Waals surface area (Å²) in [6.07, 6.45) is 4.07. The molecular formula is C16H16N2O3. The van der Waals surface area contributed by atoms with Crippen LogP contribution in [0.1, 0.15) is 21.5 Å². The van der Waals surface area contributed by atoms with E-state index >= 15 is 0 Å². The average molecular weight is 284 g/mol. The van der Waals surface area contributed by atoms with E-state index in [0.29, 0.717) is 24.9 Å². The molecule has 2 N–H and O–H groups in total. The van der Waals surface area contributed by atoms with Crippen molar-refractivity contribution >= 4 is 11.9 Å². The molecule has 0 aliphatic rings. The zero-order chi connectivity index (χ0) is 15.1. The van der Waals surface area contributed by atoms with Gasteiger partial charge in [0.1, 0.15) is 0 Å². The normalized spacial score (nSPS) is 10.1. The predicted molar refractivity (Wildman–Crippen MR) is 78.1 cm³/mol. The van der Waals surface area contributed by atoms with Gasteiger partial charge in [0.2, 0.25) is 5.91 Å². The third kappa shape index (κ3) is 4.42. The van der Waals surface area contributed by atoms with Crippen LogP contribution < -0.4 is 5.32 Å². The molecule has 0 bridgehead atoms. The van der Waals surface area contributed by atoms with E-state index in [1.165, 1.54) is 0 Å². The lowest BCUT2D eigenvalue weighted by atomic mass is 10.0. The molecule has 0 aliphatic heterocycles. The second-order valence-electron chi connectivity index (χ2n) is 4.59. The van der Waals surface area contributed by atoms with E-state index in [2.05, 4.69) is 10.3 Å². The number of carbonyl (C=O) groups excluding carboxylic acids is 1. The van der Waals surface area contributed by atoms with Crippen molar-refractivity contribution in [2.75, 3.05) is 6.54 Å². The Morgan fingerprint density at radius 3 is 2.52 bits per heavy atom. The fourth-order valence-corrected chi connectivity index (χ4v) is 2.03. The summed E-state index contributed by atoms with van der Waals surface area (Å²) in [6.45, 7) is 0.411. The number of aromatic carboxylic acids is 1. The molecule has 0 radical (unpaired) electrons. The van der Waals surface area contributed by atoms with Gasteiger partial charge in [0.15, 0.2) is 0 Å². The van der Waals surface area contributed by atoms with Crippen LogP contribution in [0.3, 0.4) is 0 Å². The number of hydrogen-bond donors (Lipinski definition) is 2. The molecule has 0 saturated carbocycles. The van der Waals surface area contributed by atoms with Crippen molar-refractivity contribution in [3.05, 3.63) is 65.5 Å².